The average molecular weight is 419 g/mol. The summed E-state index contributed by atoms with van der Waals surface area (Å²) < 4.78 is 14.2. The standard InChI is InChI=1S/C23H28ClFN2O2/c1-4-16(2)26-23(29)17(3)27(15-19-10-6-8-12-21(19)25)22(28)14-13-18-9-5-7-11-20(18)24/h5-12,16-17H,4,13-15H2,1-3H3,(H,26,29). The fourth-order valence-electron chi connectivity index (χ4n) is 2.94. The Morgan fingerprint density at radius 3 is 2.31 bits per heavy atom. The first kappa shape index (κ1) is 22.9. The lowest BCUT2D eigenvalue weighted by Crippen LogP contribution is -2.49. The van der Waals surface area contributed by atoms with Gasteiger partial charge in [-0.3, -0.25) is 9.59 Å². The predicted octanol–water partition coefficient (Wildman–Crippen LogP) is 4.74. The first-order chi connectivity index (χ1) is 13.8. The molecule has 0 radical (unpaired) electrons. The summed E-state index contributed by atoms with van der Waals surface area (Å²) in [6, 6.07) is 12.9. The predicted molar refractivity (Wildman–Crippen MR) is 114 cm³/mol. The van der Waals surface area contributed by atoms with Crippen molar-refractivity contribution in [1.29, 1.82) is 0 Å². The Morgan fingerprint density at radius 1 is 1.07 bits per heavy atom. The maximum absolute atomic E-state index is 14.2. The monoisotopic (exact) mass is 418 g/mol. The molecule has 0 bridgehead atoms. The van der Waals surface area contributed by atoms with Crippen molar-refractivity contribution in [2.24, 2.45) is 0 Å². The molecule has 2 aromatic carbocycles. The molecule has 6 heteroatoms. The highest BCUT2D eigenvalue weighted by Crippen LogP contribution is 2.19. The number of rotatable bonds is 9. The number of halogens is 2. The van der Waals surface area contributed by atoms with Gasteiger partial charge in [0, 0.05) is 29.6 Å². The molecule has 0 aliphatic heterocycles. The average Bonchev–Trinajstić information content (AvgIpc) is 2.71. The van der Waals surface area contributed by atoms with Gasteiger partial charge in [0.2, 0.25) is 11.8 Å². The summed E-state index contributed by atoms with van der Waals surface area (Å²) >= 11 is 6.19. The number of amides is 2. The van der Waals surface area contributed by atoms with Crippen molar-refractivity contribution in [1.82, 2.24) is 10.2 Å². The van der Waals surface area contributed by atoms with Gasteiger partial charge in [0.1, 0.15) is 11.9 Å². The van der Waals surface area contributed by atoms with Crippen LogP contribution in [0, 0.1) is 5.82 Å². The SMILES string of the molecule is CCC(C)NC(=O)C(C)N(Cc1ccccc1F)C(=O)CCc1ccccc1Cl. The van der Waals surface area contributed by atoms with Gasteiger partial charge in [0.25, 0.3) is 0 Å². The minimum absolute atomic E-state index is 0.00140. The van der Waals surface area contributed by atoms with Gasteiger partial charge in [0.15, 0.2) is 0 Å². The summed E-state index contributed by atoms with van der Waals surface area (Å²) in [6.07, 6.45) is 1.41. The Balaban J connectivity index is 2.18. The maximum atomic E-state index is 14.2. The van der Waals surface area contributed by atoms with E-state index >= 15 is 0 Å². The van der Waals surface area contributed by atoms with Crippen LogP contribution in [0.3, 0.4) is 0 Å². The number of hydrogen-bond donors (Lipinski definition) is 1. The smallest absolute Gasteiger partial charge is 0.242 e. The van der Waals surface area contributed by atoms with Gasteiger partial charge in [0.05, 0.1) is 0 Å². The van der Waals surface area contributed by atoms with E-state index in [4.69, 9.17) is 11.6 Å². The number of hydrogen-bond acceptors (Lipinski definition) is 2. The largest absolute Gasteiger partial charge is 0.352 e. The first-order valence-corrected chi connectivity index (χ1v) is 10.3. The first-order valence-electron chi connectivity index (χ1n) is 9.90. The topological polar surface area (TPSA) is 49.4 Å². The second-order valence-electron chi connectivity index (χ2n) is 7.20. The van der Waals surface area contributed by atoms with Crippen molar-refractivity contribution in [2.45, 2.75) is 58.7 Å². The second kappa shape index (κ2) is 11.0. The van der Waals surface area contributed by atoms with E-state index in [0.29, 0.717) is 17.0 Å². The number of aryl methyl sites for hydroxylation is 1. The molecule has 2 rings (SSSR count). The molecule has 0 saturated heterocycles. The van der Waals surface area contributed by atoms with E-state index in [2.05, 4.69) is 5.32 Å². The lowest BCUT2D eigenvalue weighted by atomic mass is 10.1. The number of benzene rings is 2. The van der Waals surface area contributed by atoms with Crippen LogP contribution >= 0.6 is 11.6 Å². The molecule has 156 valence electrons. The number of carbonyl (C=O) groups excluding carboxylic acids is 2. The summed E-state index contributed by atoms with van der Waals surface area (Å²) in [5, 5.41) is 3.50. The van der Waals surface area contributed by atoms with E-state index in [9.17, 15) is 14.0 Å². The Bertz CT molecular complexity index is 843. The minimum atomic E-state index is -0.720. The second-order valence-corrected chi connectivity index (χ2v) is 7.61. The van der Waals surface area contributed by atoms with Gasteiger partial charge in [-0.1, -0.05) is 54.9 Å². The van der Waals surface area contributed by atoms with Crippen LogP contribution in [0.15, 0.2) is 48.5 Å². The Hall–Kier alpha value is -2.40. The van der Waals surface area contributed by atoms with E-state index in [-0.39, 0.29) is 30.8 Å². The highest BCUT2D eigenvalue weighted by Gasteiger charge is 2.27. The molecule has 0 aromatic heterocycles. The van der Waals surface area contributed by atoms with Crippen LogP contribution in [-0.4, -0.2) is 28.8 Å². The van der Waals surface area contributed by atoms with Crippen LogP contribution in [0.2, 0.25) is 5.02 Å². The zero-order chi connectivity index (χ0) is 21.4. The van der Waals surface area contributed by atoms with E-state index in [1.807, 2.05) is 32.0 Å². The normalized spacial score (nSPS) is 12.9. The highest BCUT2D eigenvalue weighted by atomic mass is 35.5. The fourth-order valence-corrected chi connectivity index (χ4v) is 3.17. The van der Waals surface area contributed by atoms with Crippen molar-refractivity contribution in [3.63, 3.8) is 0 Å². The van der Waals surface area contributed by atoms with E-state index in [0.717, 1.165) is 12.0 Å². The maximum Gasteiger partial charge on any atom is 0.242 e. The van der Waals surface area contributed by atoms with Crippen molar-refractivity contribution in [2.75, 3.05) is 0 Å². The highest BCUT2D eigenvalue weighted by molar-refractivity contribution is 6.31. The number of nitrogens with zero attached hydrogens (tertiary/aromatic N) is 1. The van der Waals surface area contributed by atoms with Crippen molar-refractivity contribution >= 4 is 23.4 Å². The molecule has 29 heavy (non-hydrogen) atoms. The molecule has 2 amide bonds. The van der Waals surface area contributed by atoms with Crippen molar-refractivity contribution in [3.05, 3.63) is 70.5 Å². The fraction of sp³-hybridized carbons (Fsp3) is 0.391. The number of nitrogens with one attached hydrogen (secondary N) is 1. The minimum Gasteiger partial charge on any atom is -0.352 e. The zero-order valence-corrected chi connectivity index (χ0v) is 17.9. The molecule has 0 fully saturated rings. The lowest BCUT2D eigenvalue weighted by molar-refractivity contribution is -0.140. The molecule has 2 aromatic rings. The van der Waals surface area contributed by atoms with E-state index in [1.165, 1.54) is 11.0 Å². The quantitative estimate of drug-likeness (QED) is 0.639. The van der Waals surface area contributed by atoms with Gasteiger partial charge >= 0.3 is 0 Å². The Morgan fingerprint density at radius 2 is 1.69 bits per heavy atom. The summed E-state index contributed by atoms with van der Waals surface area (Å²) in [5.74, 6) is -0.868. The van der Waals surface area contributed by atoms with Gasteiger partial charge < -0.3 is 10.2 Å². The lowest BCUT2D eigenvalue weighted by Gasteiger charge is -2.30. The van der Waals surface area contributed by atoms with Gasteiger partial charge in [-0.05, 0) is 44.4 Å². The molecule has 2 unspecified atom stereocenters. The third kappa shape index (κ3) is 6.57. The van der Waals surface area contributed by atoms with Crippen LogP contribution in [0.25, 0.3) is 0 Å². The van der Waals surface area contributed by atoms with Crippen LogP contribution in [-0.2, 0) is 22.6 Å². The van der Waals surface area contributed by atoms with Crippen molar-refractivity contribution in [3.8, 4) is 0 Å². The number of carbonyl (C=O) groups is 2. The van der Waals surface area contributed by atoms with Crippen LogP contribution in [0.1, 0.15) is 44.7 Å². The van der Waals surface area contributed by atoms with E-state index in [1.54, 1.807) is 31.2 Å². The summed E-state index contributed by atoms with van der Waals surface area (Å²) in [4.78, 5) is 27.1. The van der Waals surface area contributed by atoms with E-state index < -0.39 is 11.9 Å². The van der Waals surface area contributed by atoms with Gasteiger partial charge in [-0.15, -0.1) is 0 Å². The third-order valence-electron chi connectivity index (χ3n) is 5.03. The molecule has 0 aliphatic carbocycles. The Kier molecular flexibility index (Phi) is 8.65. The van der Waals surface area contributed by atoms with Crippen LogP contribution in [0.4, 0.5) is 4.39 Å². The third-order valence-corrected chi connectivity index (χ3v) is 5.40. The summed E-state index contributed by atoms with van der Waals surface area (Å²) in [5.41, 5.74) is 1.24. The summed E-state index contributed by atoms with van der Waals surface area (Å²) in [7, 11) is 0. The molecular formula is C23H28ClFN2O2. The molecular weight excluding hydrogens is 391 g/mol. The molecule has 0 aliphatic rings. The van der Waals surface area contributed by atoms with Crippen molar-refractivity contribution < 1.29 is 14.0 Å². The molecule has 0 heterocycles. The van der Waals surface area contributed by atoms with Gasteiger partial charge in [-0.25, -0.2) is 4.39 Å². The molecule has 2 atom stereocenters. The molecule has 4 nitrogen and oxygen atoms in total. The molecule has 0 spiro atoms. The van der Waals surface area contributed by atoms with Gasteiger partial charge in [-0.2, -0.15) is 0 Å². The Labute approximate surface area is 177 Å². The molecule has 1 N–H and O–H groups in total. The zero-order valence-electron chi connectivity index (χ0n) is 17.1. The summed E-state index contributed by atoms with van der Waals surface area (Å²) in [6.45, 7) is 5.58. The molecule has 0 saturated carbocycles. The van der Waals surface area contributed by atoms with Crippen LogP contribution < -0.4 is 5.32 Å². The van der Waals surface area contributed by atoms with Crippen LogP contribution in [0.5, 0.6) is 0 Å².